The fraction of sp³-hybridized carbons (Fsp3) is 0.900. The Kier molecular flexibility index (Phi) is 3.63. The van der Waals surface area contributed by atoms with E-state index in [1.54, 1.807) is 0 Å². The maximum absolute atomic E-state index is 4.71. The van der Waals surface area contributed by atoms with Crippen LogP contribution in [0.2, 0.25) is 0 Å². The first-order valence-electron chi connectivity index (χ1n) is 4.85. The lowest BCUT2D eigenvalue weighted by molar-refractivity contribution is 0.579. The lowest BCUT2D eigenvalue weighted by Crippen LogP contribution is -2.06. The van der Waals surface area contributed by atoms with Crippen LogP contribution in [-0.2, 0) is 0 Å². The van der Waals surface area contributed by atoms with Crippen molar-refractivity contribution >= 4 is 17.5 Å². The molecule has 0 saturated carbocycles. The van der Waals surface area contributed by atoms with Crippen LogP contribution in [0.3, 0.4) is 0 Å². The van der Waals surface area contributed by atoms with Crippen molar-refractivity contribution in [3.05, 3.63) is 0 Å². The van der Waals surface area contributed by atoms with Gasteiger partial charge in [0.15, 0.2) is 0 Å². The normalized spacial score (nSPS) is 29.6. The van der Waals surface area contributed by atoms with Crippen LogP contribution in [-0.4, -0.2) is 16.3 Å². The average molecular weight is 185 g/mol. The Morgan fingerprint density at radius 2 is 2.17 bits per heavy atom. The number of aliphatic imine (C=N–C) groups is 1. The number of hydrogen-bond donors (Lipinski definition) is 0. The van der Waals surface area contributed by atoms with Gasteiger partial charge in [0, 0.05) is 11.0 Å². The van der Waals surface area contributed by atoms with Gasteiger partial charge in [0.25, 0.3) is 0 Å². The highest BCUT2D eigenvalue weighted by Gasteiger charge is 2.24. The Labute approximate surface area is 80.0 Å². The monoisotopic (exact) mass is 185 g/mol. The first-order valence-corrected chi connectivity index (χ1v) is 5.79. The highest BCUT2D eigenvalue weighted by atomic mass is 32.2. The second kappa shape index (κ2) is 4.31. The number of hydrogen-bond acceptors (Lipinski definition) is 2. The highest BCUT2D eigenvalue weighted by Crippen LogP contribution is 2.32. The summed E-state index contributed by atoms with van der Waals surface area (Å²) in [5, 5.41) is 1.22. The third-order valence-corrected chi connectivity index (χ3v) is 3.47. The molecule has 0 spiro atoms. The van der Waals surface area contributed by atoms with E-state index in [-0.39, 0.29) is 0 Å². The summed E-state index contributed by atoms with van der Waals surface area (Å²) in [4.78, 5) is 4.71. The Bertz CT molecular complexity index is 175. The van der Waals surface area contributed by atoms with Crippen molar-refractivity contribution in [1.29, 1.82) is 0 Å². The Morgan fingerprint density at radius 1 is 1.50 bits per heavy atom. The van der Waals surface area contributed by atoms with Gasteiger partial charge < -0.3 is 0 Å². The molecule has 70 valence electrons. The lowest BCUT2D eigenvalue weighted by atomic mass is 10.1. The smallest absolute Gasteiger partial charge is 0.0960 e. The molecular weight excluding hydrogens is 166 g/mol. The molecule has 0 aromatic heterocycles. The second-order valence-corrected chi connectivity index (χ2v) is 5.36. The lowest BCUT2D eigenvalue weighted by Gasteiger charge is -2.09. The molecule has 12 heavy (non-hydrogen) atoms. The molecule has 2 heteroatoms. The minimum absolute atomic E-state index is 0.551. The van der Waals surface area contributed by atoms with E-state index < -0.39 is 0 Å². The molecular formula is C10H19NS. The summed E-state index contributed by atoms with van der Waals surface area (Å²) in [6, 6.07) is 0. The SMILES string of the molecule is CCC1=N[C@@H](CC(C)C)S[C@@H]1C. The van der Waals surface area contributed by atoms with Crippen LogP contribution in [0.1, 0.15) is 40.5 Å². The Morgan fingerprint density at radius 3 is 2.58 bits per heavy atom. The van der Waals surface area contributed by atoms with E-state index in [0.717, 1.165) is 12.3 Å². The molecule has 0 fully saturated rings. The van der Waals surface area contributed by atoms with Crippen molar-refractivity contribution < 1.29 is 0 Å². The summed E-state index contributed by atoms with van der Waals surface area (Å²) < 4.78 is 0. The molecule has 0 aliphatic carbocycles. The summed E-state index contributed by atoms with van der Waals surface area (Å²) in [6.45, 7) is 9.01. The molecule has 0 radical (unpaired) electrons. The van der Waals surface area contributed by atoms with E-state index in [1.807, 2.05) is 11.8 Å². The van der Waals surface area contributed by atoms with Crippen LogP contribution < -0.4 is 0 Å². The van der Waals surface area contributed by atoms with E-state index in [1.165, 1.54) is 12.1 Å². The first-order chi connectivity index (χ1) is 5.63. The zero-order chi connectivity index (χ0) is 9.14. The largest absolute Gasteiger partial charge is 0.279 e. The van der Waals surface area contributed by atoms with Crippen molar-refractivity contribution in [1.82, 2.24) is 0 Å². The van der Waals surface area contributed by atoms with E-state index in [4.69, 9.17) is 4.99 Å². The van der Waals surface area contributed by atoms with Gasteiger partial charge in [0.1, 0.15) is 0 Å². The van der Waals surface area contributed by atoms with Crippen molar-refractivity contribution in [2.75, 3.05) is 0 Å². The van der Waals surface area contributed by atoms with Crippen LogP contribution >= 0.6 is 11.8 Å². The molecule has 0 bridgehead atoms. The van der Waals surface area contributed by atoms with E-state index in [9.17, 15) is 0 Å². The molecule has 1 aliphatic heterocycles. The van der Waals surface area contributed by atoms with Gasteiger partial charge in [-0.2, -0.15) is 0 Å². The fourth-order valence-corrected chi connectivity index (χ4v) is 3.07. The van der Waals surface area contributed by atoms with Gasteiger partial charge in [-0.15, -0.1) is 11.8 Å². The van der Waals surface area contributed by atoms with E-state index in [2.05, 4.69) is 27.7 Å². The van der Waals surface area contributed by atoms with Crippen molar-refractivity contribution in [3.63, 3.8) is 0 Å². The zero-order valence-electron chi connectivity index (χ0n) is 8.50. The summed E-state index contributed by atoms with van der Waals surface area (Å²) in [7, 11) is 0. The molecule has 0 unspecified atom stereocenters. The Hall–Kier alpha value is 0.0200. The number of nitrogens with zero attached hydrogens (tertiary/aromatic N) is 1. The van der Waals surface area contributed by atoms with Gasteiger partial charge >= 0.3 is 0 Å². The van der Waals surface area contributed by atoms with Crippen LogP contribution in [0, 0.1) is 5.92 Å². The van der Waals surface area contributed by atoms with E-state index in [0.29, 0.717) is 10.6 Å². The molecule has 0 N–H and O–H groups in total. The Balaban J connectivity index is 2.46. The highest BCUT2D eigenvalue weighted by molar-refractivity contribution is 8.01. The molecule has 0 aromatic carbocycles. The second-order valence-electron chi connectivity index (χ2n) is 3.84. The summed E-state index contributed by atoms with van der Waals surface area (Å²) in [6.07, 6.45) is 2.36. The molecule has 0 aromatic rings. The predicted octanol–water partition coefficient (Wildman–Crippen LogP) is 3.34. The van der Waals surface area contributed by atoms with E-state index >= 15 is 0 Å². The topological polar surface area (TPSA) is 12.4 Å². The zero-order valence-corrected chi connectivity index (χ0v) is 9.32. The molecule has 0 amide bonds. The third-order valence-electron chi connectivity index (χ3n) is 2.18. The van der Waals surface area contributed by atoms with Crippen molar-refractivity contribution in [2.24, 2.45) is 10.9 Å². The predicted molar refractivity (Wildman–Crippen MR) is 58.0 cm³/mol. The van der Waals surface area contributed by atoms with Crippen LogP contribution in [0.4, 0.5) is 0 Å². The quantitative estimate of drug-likeness (QED) is 0.657. The average Bonchev–Trinajstić information content (AvgIpc) is 2.29. The molecule has 1 aliphatic rings. The minimum atomic E-state index is 0.551. The molecule has 0 saturated heterocycles. The maximum Gasteiger partial charge on any atom is 0.0960 e. The standard InChI is InChI=1S/C10H19NS/c1-5-9-8(4)12-10(11-9)6-7(2)3/h7-8,10H,5-6H2,1-4H3/t8-,10-/m1/s1. The van der Waals surface area contributed by atoms with Gasteiger partial charge in [-0.3, -0.25) is 4.99 Å². The number of thioether (sulfide) groups is 1. The summed E-state index contributed by atoms with van der Waals surface area (Å²) in [5.41, 5.74) is 1.41. The van der Waals surface area contributed by atoms with Gasteiger partial charge in [0.2, 0.25) is 0 Å². The van der Waals surface area contributed by atoms with Crippen LogP contribution in [0.5, 0.6) is 0 Å². The van der Waals surface area contributed by atoms with Gasteiger partial charge in [-0.05, 0) is 25.7 Å². The summed E-state index contributed by atoms with van der Waals surface area (Å²) in [5.74, 6) is 0.773. The fourth-order valence-electron chi connectivity index (χ4n) is 1.52. The molecule has 1 nitrogen and oxygen atoms in total. The minimum Gasteiger partial charge on any atom is -0.279 e. The third kappa shape index (κ3) is 2.51. The van der Waals surface area contributed by atoms with Crippen LogP contribution in [0.15, 0.2) is 4.99 Å². The summed E-state index contributed by atoms with van der Waals surface area (Å²) >= 11 is 2.02. The van der Waals surface area contributed by atoms with Gasteiger partial charge in [-0.25, -0.2) is 0 Å². The van der Waals surface area contributed by atoms with Crippen LogP contribution in [0.25, 0.3) is 0 Å². The first kappa shape index (κ1) is 10.1. The number of rotatable bonds is 3. The molecule has 2 atom stereocenters. The maximum atomic E-state index is 4.71. The van der Waals surface area contributed by atoms with Crippen molar-refractivity contribution in [3.8, 4) is 0 Å². The molecule has 1 heterocycles. The van der Waals surface area contributed by atoms with Gasteiger partial charge in [-0.1, -0.05) is 20.8 Å². The molecule has 1 rings (SSSR count). The van der Waals surface area contributed by atoms with Gasteiger partial charge in [0.05, 0.1) is 5.37 Å². The van der Waals surface area contributed by atoms with Crippen molar-refractivity contribution in [2.45, 2.75) is 51.2 Å².